The molecule has 0 spiro atoms. The lowest BCUT2D eigenvalue weighted by molar-refractivity contribution is 0.397. The zero-order valence-corrected chi connectivity index (χ0v) is 19.5. The van der Waals surface area contributed by atoms with E-state index in [0.29, 0.717) is 0 Å². The maximum Gasteiger partial charge on any atom is 0.130 e. The summed E-state index contributed by atoms with van der Waals surface area (Å²) < 4.78 is 17.3. The Morgan fingerprint density at radius 1 is 0.733 bits per heavy atom. The Hall–Kier alpha value is -2.51. The van der Waals surface area contributed by atoms with Gasteiger partial charge in [-0.25, -0.2) is 0 Å². The van der Waals surface area contributed by atoms with Gasteiger partial charge in [0.25, 0.3) is 0 Å². The first kappa shape index (κ1) is 22.2. The molecule has 30 heavy (non-hydrogen) atoms. The molecule has 0 saturated heterocycles. The fourth-order valence-electron chi connectivity index (χ4n) is 3.86. The van der Waals surface area contributed by atoms with Gasteiger partial charge in [0.15, 0.2) is 0 Å². The van der Waals surface area contributed by atoms with E-state index < -0.39 is 7.92 Å². The van der Waals surface area contributed by atoms with Crippen LogP contribution in [0.1, 0.15) is 25.3 Å². The summed E-state index contributed by atoms with van der Waals surface area (Å²) in [6.07, 6.45) is 3.44. The summed E-state index contributed by atoms with van der Waals surface area (Å²) in [5.74, 6) is 2.61. The summed E-state index contributed by atoms with van der Waals surface area (Å²) in [5.41, 5.74) is 3.48. The van der Waals surface area contributed by atoms with E-state index in [1.54, 1.807) is 21.3 Å². The van der Waals surface area contributed by atoms with Crippen LogP contribution in [0.25, 0.3) is 11.1 Å². The molecule has 0 aliphatic rings. The lowest BCUT2D eigenvalue weighted by Crippen LogP contribution is -2.20. The second-order valence-electron chi connectivity index (χ2n) is 7.19. The van der Waals surface area contributed by atoms with Crippen LogP contribution in [0.4, 0.5) is 0 Å². The molecule has 0 fully saturated rings. The normalized spacial score (nSPS) is 11.8. The lowest BCUT2D eigenvalue weighted by atomic mass is 10.0. The SMILES string of the molecule is CCCCP(c1ccccc1OC)c1c(C)cccc1-c1c(OC)cccc1OC. The number of unbranched alkanes of at least 4 members (excludes halogenated alkanes) is 1. The van der Waals surface area contributed by atoms with E-state index in [4.69, 9.17) is 14.2 Å². The Morgan fingerprint density at radius 3 is 1.97 bits per heavy atom. The number of aryl methyl sites for hydroxylation is 1. The molecule has 0 aliphatic carbocycles. The minimum atomic E-state index is -0.620. The quantitative estimate of drug-likeness (QED) is 0.401. The minimum Gasteiger partial charge on any atom is -0.496 e. The highest BCUT2D eigenvalue weighted by molar-refractivity contribution is 7.73. The predicted octanol–water partition coefficient (Wildman–Crippen LogP) is 5.92. The molecule has 0 heterocycles. The molecule has 0 aliphatic heterocycles. The molecule has 0 N–H and O–H groups in total. The van der Waals surface area contributed by atoms with Crippen molar-refractivity contribution >= 4 is 18.5 Å². The maximum atomic E-state index is 5.77. The van der Waals surface area contributed by atoms with Gasteiger partial charge in [0.1, 0.15) is 17.2 Å². The Labute approximate surface area is 181 Å². The minimum absolute atomic E-state index is 0.620. The molecule has 0 radical (unpaired) electrons. The second kappa shape index (κ2) is 10.5. The second-order valence-corrected chi connectivity index (χ2v) is 9.42. The van der Waals surface area contributed by atoms with Crippen LogP contribution in [-0.4, -0.2) is 27.5 Å². The molecule has 0 amide bonds. The van der Waals surface area contributed by atoms with Gasteiger partial charge < -0.3 is 14.2 Å². The average Bonchev–Trinajstić information content (AvgIpc) is 2.79. The molecule has 0 bridgehead atoms. The molecular formula is C26H31O3P. The van der Waals surface area contributed by atoms with Crippen LogP contribution in [0.5, 0.6) is 17.2 Å². The van der Waals surface area contributed by atoms with Gasteiger partial charge >= 0.3 is 0 Å². The Balaban J connectivity index is 2.30. The molecular weight excluding hydrogens is 391 g/mol. The van der Waals surface area contributed by atoms with E-state index >= 15 is 0 Å². The van der Waals surface area contributed by atoms with Crippen molar-refractivity contribution in [3.8, 4) is 28.4 Å². The van der Waals surface area contributed by atoms with Gasteiger partial charge in [-0.1, -0.05) is 55.8 Å². The number of hydrogen-bond acceptors (Lipinski definition) is 3. The Bertz CT molecular complexity index is 962. The highest BCUT2D eigenvalue weighted by Gasteiger charge is 2.25. The van der Waals surface area contributed by atoms with E-state index in [-0.39, 0.29) is 0 Å². The van der Waals surface area contributed by atoms with Crippen molar-refractivity contribution in [2.45, 2.75) is 26.7 Å². The van der Waals surface area contributed by atoms with E-state index in [2.05, 4.69) is 50.2 Å². The van der Waals surface area contributed by atoms with E-state index in [1.807, 2.05) is 24.3 Å². The van der Waals surface area contributed by atoms with Crippen LogP contribution in [0.3, 0.4) is 0 Å². The monoisotopic (exact) mass is 422 g/mol. The van der Waals surface area contributed by atoms with Crippen LogP contribution >= 0.6 is 7.92 Å². The summed E-state index contributed by atoms with van der Waals surface area (Å²) in [5, 5.41) is 2.65. The number of para-hydroxylation sites is 1. The van der Waals surface area contributed by atoms with Gasteiger partial charge in [-0.05, 0) is 62.1 Å². The first-order valence-electron chi connectivity index (χ1n) is 10.4. The van der Waals surface area contributed by atoms with Gasteiger partial charge in [-0.3, -0.25) is 0 Å². The molecule has 0 aromatic heterocycles. The molecule has 3 aromatic carbocycles. The molecule has 158 valence electrons. The zero-order valence-electron chi connectivity index (χ0n) is 18.6. The number of hydrogen-bond donors (Lipinski definition) is 0. The fraction of sp³-hybridized carbons (Fsp3) is 0.308. The van der Waals surface area contributed by atoms with Crippen LogP contribution in [0.15, 0.2) is 60.7 Å². The molecule has 1 unspecified atom stereocenters. The van der Waals surface area contributed by atoms with Crippen molar-refractivity contribution in [2.24, 2.45) is 0 Å². The number of ether oxygens (including phenoxy) is 3. The van der Waals surface area contributed by atoms with Crippen LogP contribution < -0.4 is 24.8 Å². The third-order valence-corrected chi connectivity index (χ3v) is 8.16. The van der Waals surface area contributed by atoms with Crippen LogP contribution in [0, 0.1) is 6.92 Å². The summed E-state index contributed by atoms with van der Waals surface area (Å²) >= 11 is 0. The number of rotatable bonds is 9. The Morgan fingerprint density at radius 2 is 1.33 bits per heavy atom. The van der Waals surface area contributed by atoms with Gasteiger partial charge in [0.2, 0.25) is 0 Å². The van der Waals surface area contributed by atoms with Crippen molar-refractivity contribution in [3.63, 3.8) is 0 Å². The number of methoxy groups -OCH3 is 3. The summed E-state index contributed by atoms with van der Waals surface area (Å²) in [6.45, 7) is 4.45. The largest absolute Gasteiger partial charge is 0.496 e. The molecule has 3 aromatic rings. The van der Waals surface area contributed by atoms with Crippen molar-refractivity contribution in [3.05, 3.63) is 66.2 Å². The standard InChI is InChI=1S/C26H31O3P/c1-6-7-18-30(24-17-9-8-14-21(24)27-3)26-19(2)12-10-13-20(26)25-22(28-4)15-11-16-23(25)29-5/h8-17H,6-7,18H2,1-5H3. The van der Waals surface area contributed by atoms with E-state index in [9.17, 15) is 0 Å². The third-order valence-electron chi connectivity index (χ3n) is 5.32. The maximum absolute atomic E-state index is 5.77. The highest BCUT2D eigenvalue weighted by Crippen LogP contribution is 2.46. The van der Waals surface area contributed by atoms with Gasteiger partial charge in [0.05, 0.1) is 26.9 Å². The van der Waals surface area contributed by atoms with Crippen molar-refractivity contribution < 1.29 is 14.2 Å². The van der Waals surface area contributed by atoms with Crippen LogP contribution in [0.2, 0.25) is 0 Å². The van der Waals surface area contributed by atoms with Crippen molar-refractivity contribution in [2.75, 3.05) is 27.5 Å². The predicted molar refractivity (Wildman–Crippen MR) is 129 cm³/mol. The smallest absolute Gasteiger partial charge is 0.130 e. The third kappa shape index (κ3) is 4.47. The highest BCUT2D eigenvalue weighted by atomic mass is 31.1. The van der Waals surface area contributed by atoms with Crippen molar-refractivity contribution in [1.82, 2.24) is 0 Å². The molecule has 3 rings (SSSR count). The topological polar surface area (TPSA) is 27.7 Å². The lowest BCUT2D eigenvalue weighted by Gasteiger charge is -2.26. The van der Waals surface area contributed by atoms with Gasteiger partial charge in [-0.2, -0.15) is 0 Å². The first-order chi connectivity index (χ1) is 14.7. The van der Waals surface area contributed by atoms with Gasteiger partial charge in [-0.15, -0.1) is 0 Å². The Kier molecular flexibility index (Phi) is 7.76. The van der Waals surface area contributed by atoms with Crippen molar-refractivity contribution in [1.29, 1.82) is 0 Å². The summed E-state index contributed by atoms with van der Waals surface area (Å²) in [6, 6.07) is 20.9. The molecule has 0 saturated carbocycles. The molecule has 4 heteroatoms. The summed E-state index contributed by atoms with van der Waals surface area (Å²) in [7, 11) is 4.57. The summed E-state index contributed by atoms with van der Waals surface area (Å²) in [4.78, 5) is 0. The van der Waals surface area contributed by atoms with E-state index in [1.165, 1.54) is 28.2 Å². The van der Waals surface area contributed by atoms with Crippen LogP contribution in [-0.2, 0) is 0 Å². The fourth-order valence-corrected chi connectivity index (χ4v) is 6.87. The van der Waals surface area contributed by atoms with E-state index in [0.717, 1.165) is 35.4 Å². The van der Waals surface area contributed by atoms with Gasteiger partial charge in [0, 0.05) is 5.30 Å². The zero-order chi connectivity index (χ0) is 21.5. The number of benzene rings is 3. The molecule has 3 nitrogen and oxygen atoms in total. The average molecular weight is 423 g/mol. The molecule has 1 atom stereocenters. The first-order valence-corrected chi connectivity index (χ1v) is 11.9.